The van der Waals surface area contributed by atoms with Gasteiger partial charge in [-0.15, -0.1) is 0 Å². The molecule has 0 aliphatic carbocycles. The third kappa shape index (κ3) is 9.03. The minimum Gasteiger partial charge on any atom is -0.375 e. The molecule has 0 amide bonds. The predicted octanol–water partition coefficient (Wildman–Crippen LogP) is -0.205. The molecule has 0 aliphatic rings. The zero-order chi connectivity index (χ0) is 11.7. The van der Waals surface area contributed by atoms with Crippen LogP contribution in [0.4, 0.5) is 0 Å². The van der Waals surface area contributed by atoms with E-state index in [4.69, 9.17) is 11.5 Å². The molecule has 8 heteroatoms. The maximum atomic E-state index is 5.23. The van der Waals surface area contributed by atoms with E-state index in [-0.39, 0.29) is 10.2 Å². The van der Waals surface area contributed by atoms with Crippen LogP contribution in [0.5, 0.6) is 0 Å². The Morgan fingerprint density at radius 1 is 1.27 bits per heavy atom. The summed E-state index contributed by atoms with van der Waals surface area (Å²) in [5.41, 5.74) is 16.0. The smallest absolute Gasteiger partial charge is 0.184 e. The Bertz CT molecular complexity index is 285. The van der Waals surface area contributed by atoms with Gasteiger partial charge >= 0.3 is 0 Å². The Kier molecular flexibility index (Phi) is 7.38. The molecule has 0 heterocycles. The standard InChI is InChI=1S/C7H14N6S2/c1-2-3-5(11-13-7(9)15)4-10-12-6(8)14/h4H,2-3H2,1H3,(H3,8,12,14)(H3,9,13,15). The average molecular weight is 246 g/mol. The lowest BCUT2D eigenvalue weighted by Gasteiger charge is -2.00. The van der Waals surface area contributed by atoms with E-state index in [2.05, 4.69) is 45.5 Å². The van der Waals surface area contributed by atoms with Gasteiger partial charge in [0.25, 0.3) is 0 Å². The highest BCUT2D eigenvalue weighted by atomic mass is 32.1. The predicted molar refractivity (Wildman–Crippen MR) is 70.7 cm³/mol. The Morgan fingerprint density at radius 2 is 1.87 bits per heavy atom. The van der Waals surface area contributed by atoms with Gasteiger partial charge in [-0.1, -0.05) is 13.3 Å². The van der Waals surface area contributed by atoms with E-state index in [9.17, 15) is 0 Å². The van der Waals surface area contributed by atoms with E-state index >= 15 is 0 Å². The number of rotatable bonds is 5. The number of hydrazone groups is 2. The third-order valence-electron chi connectivity index (χ3n) is 1.20. The lowest BCUT2D eigenvalue weighted by molar-refractivity contribution is 0.958. The molecule has 0 unspecified atom stereocenters. The summed E-state index contributed by atoms with van der Waals surface area (Å²) < 4.78 is 0. The Labute approximate surface area is 99.2 Å². The molecule has 0 aromatic heterocycles. The monoisotopic (exact) mass is 246 g/mol. The second-order valence-corrected chi connectivity index (χ2v) is 3.44. The van der Waals surface area contributed by atoms with Crippen molar-refractivity contribution in [3.8, 4) is 0 Å². The van der Waals surface area contributed by atoms with Crippen molar-refractivity contribution in [3.63, 3.8) is 0 Å². The van der Waals surface area contributed by atoms with Gasteiger partial charge in [-0.2, -0.15) is 10.2 Å². The van der Waals surface area contributed by atoms with Gasteiger partial charge in [0, 0.05) is 0 Å². The number of hydrogen-bond donors (Lipinski definition) is 4. The first-order chi connectivity index (χ1) is 7.06. The summed E-state index contributed by atoms with van der Waals surface area (Å²) in [5, 5.41) is 7.92. The minimum absolute atomic E-state index is 0.101. The lowest BCUT2D eigenvalue weighted by Crippen LogP contribution is -2.27. The van der Waals surface area contributed by atoms with Crippen molar-refractivity contribution in [1.29, 1.82) is 0 Å². The molecule has 0 bridgehead atoms. The van der Waals surface area contributed by atoms with Gasteiger partial charge in [0.05, 0.1) is 11.9 Å². The van der Waals surface area contributed by atoms with Crippen LogP contribution in [0.3, 0.4) is 0 Å². The van der Waals surface area contributed by atoms with Crippen LogP contribution in [0.25, 0.3) is 0 Å². The van der Waals surface area contributed by atoms with E-state index in [0.717, 1.165) is 12.8 Å². The fourth-order valence-electron chi connectivity index (χ4n) is 0.703. The Balaban J connectivity index is 4.25. The van der Waals surface area contributed by atoms with Gasteiger partial charge in [0.15, 0.2) is 10.2 Å². The van der Waals surface area contributed by atoms with Gasteiger partial charge < -0.3 is 11.5 Å². The minimum atomic E-state index is 0.101. The van der Waals surface area contributed by atoms with Crippen molar-refractivity contribution >= 4 is 46.6 Å². The molecule has 6 N–H and O–H groups in total. The van der Waals surface area contributed by atoms with Gasteiger partial charge in [-0.3, -0.25) is 10.9 Å². The summed E-state index contributed by atoms with van der Waals surface area (Å²) in [5.74, 6) is 0. The highest BCUT2D eigenvalue weighted by molar-refractivity contribution is 7.80. The summed E-state index contributed by atoms with van der Waals surface area (Å²) >= 11 is 9.19. The van der Waals surface area contributed by atoms with Gasteiger partial charge in [-0.05, 0) is 30.9 Å². The SMILES string of the molecule is CCCC(C=NNC(N)=S)=NNC(N)=S. The first-order valence-corrected chi connectivity index (χ1v) is 5.08. The summed E-state index contributed by atoms with van der Waals surface area (Å²) in [7, 11) is 0. The maximum absolute atomic E-state index is 5.23. The number of nitrogens with zero attached hydrogens (tertiary/aromatic N) is 2. The van der Waals surface area contributed by atoms with Crippen LogP contribution in [-0.2, 0) is 0 Å². The molecule has 84 valence electrons. The summed E-state index contributed by atoms with van der Waals surface area (Å²) in [4.78, 5) is 0. The zero-order valence-corrected chi connectivity index (χ0v) is 9.99. The van der Waals surface area contributed by atoms with Gasteiger partial charge in [0.1, 0.15) is 0 Å². The first kappa shape index (κ1) is 13.7. The fraction of sp³-hybridized carbons (Fsp3) is 0.429. The van der Waals surface area contributed by atoms with Crippen molar-refractivity contribution in [2.24, 2.45) is 21.7 Å². The number of nitrogens with two attached hydrogens (primary N) is 2. The molecule has 15 heavy (non-hydrogen) atoms. The van der Waals surface area contributed by atoms with Crippen molar-refractivity contribution in [2.75, 3.05) is 0 Å². The number of nitrogens with one attached hydrogen (secondary N) is 2. The highest BCUT2D eigenvalue weighted by Crippen LogP contribution is 1.88. The summed E-state index contributed by atoms with van der Waals surface area (Å²) in [6, 6.07) is 0. The van der Waals surface area contributed by atoms with E-state index in [1.165, 1.54) is 6.21 Å². The molecule has 0 atom stereocenters. The van der Waals surface area contributed by atoms with Gasteiger partial charge in [-0.25, -0.2) is 0 Å². The molecule has 0 fully saturated rings. The lowest BCUT2D eigenvalue weighted by atomic mass is 10.2. The second-order valence-electron chi connectivity index (χ2n) is 2.56. The fourth-order valence-corrected chi connectivity index (χ4v) is 0.801. The molecule has 0 aromatic carbocycles. The van der Waals surface area contributed by atoms with E-state index < -0.39 is 0 Å². The topological polar surface area (TPSA) is 101 Å². The van der Waals surface area contributed by atoms with Crippen LogP contribution in [-0.4, -0.2) is 22.2 Å². The molecule has 0 saturated carbocycles. The Morgan fingerprint density at radius 3 is 2.33 bits per heavy atom. The summed E-state index contributed by atoms with van der Waals surface area (Å²) in [6.07, 6.45) is 3.18. The van der Waals surface area contributed by atoms with Crippen molar-refractivity contribution in [2.45, 2.75) is 19.8 Å². The van der Waals surface area contributed by atoms with Crippen LogP contribution in [0.15, 0.2) is 10.2 Å². The van der Waals surface area contributed by atoms with Crippen molar-refractivity contribution in [1.82, 2.24) is 10.9 Å². The second kappa shape index (κ2) is 8.06. The quantitative estimate of drug-likeness (QED) is 0.304. The first-order valence-electron chi connectivity index (χ1n) is 4.26. The molecule has 0 rings (SSSR count). The van der Waals surface area contributed by atoms with E-state index in [1.54, 1.807) is 0 Å². The van der Waals surface area contributed by atoms with Crippen LogP contribution in [0, 0.1) is 0 Å². The van der Waals surface area contributed by atoms with Crippen LogP contribution in [0.2, 0.25) is 0 Å². The Hall–Kier alpha value is -1.28. The third-order valence-corrected chi connectivity index (χ3v) is 1.39. The van der Waals surface area contributed by atoms with E-state index in [0.29, 0.717) is 5.71 Å². The van der Waals surface area contributed by atoms with Crippen molar-refractivity contribution in [3.05, 3.63) is 0 Å². The largest absolute Gasteiger partial charge is 0.375 e. The zero-order valence-electron chi connectivity index (χ0n) is 8.36. The molecule has 0 spiro atoms. The van der Waals surface area contributed by atoms with Crippen LogP contribution >= 0.6 is 24.4 Å². The average Bonchev–Trinajstić information content (AvgIpc) is 2.13. The molecule has 0 radical (unpaired) electrons. The normalized spacial score (nSPS) is 11.4. The molecule has 0 aliphatic heterocycles. The van der Waals surface area contributed by atoms with Crippen LogP contribution in [0.1, 0.15) is 19.8 Å². The summed E-state index contributed by atoms with van der Waals surface area (Å²) in [6.45, 7) is 2.02. The molecular formula is C7H14N6S2. The molecule has 0 aromatic rings. The molecule has 0 saturated heterocycles. The van der Waals surface area contributed by atoms with Crippen LogP contribution < -0.4 is 22.3 Å². The van der Waals surface area contributed by atoms with E-state index in [1.807, 2.05) is 6.92 Å². The molecule has 6 nitrogen and oxygen atoms in total. The van der Waals surface area contributed by atoms with Crippen molar-refractivity contribution < 1.29 is 0 Å². The number of hydrogen-bond acceptors (Lipinski definition) is 4. The maximum Gasteiger partial charge on any atom is 0.184 e. The highest BCUT2D eigenvalue weighted by Gasteiger charge is 1.94. The van der Waals surface area contributed by atoms with Gasteiger partial charge in [0.2, 0.25) is 0 Å². The number of thiocarbonyl (C=S) groups is 2. The molecular weight excluding hydrogens is 232 g/mol.